The normalized spacial score (nSPS) is 17.8. The molecule has 1 fully saturated rings. The molecule has 1 aliphatic rings. The highest BCUT2D eigenvalue weighted by Crippen LogP contribution is 2.28. The molecule has 1 aliphatic heterocycles. The van der Waals surface area contributed by atoms with Crippen molar-refractivity contribution in [1.29, 1.82) is 0 Å². The van der Waals surface area contributed by atoms with Crippen molar-refractivity contribution in [3.05, 3.63) is 54.1 Å². The molecule has 1 atom stereocenters. The predicted molar refractivity (Wildman–Crippen MR) is 117 cm³/mol. The van der Waals surface area contributed by atoms with Gasteiger partial charge in [0.25, 0.3) is 5.22 Å². The minimum Gasteiger partial charge on any atom is -0.411 e. The molecule has 4 rings (SSSR count). The first-order valence-electron chi connectivity index (χ1n) is 9.86. The molecule has 1 saturated heterocycles. The summed E-state index contributed by atoms with van der Waals surface area (Å²) >= 11 is 1.40. The monoisotopic (exact) mass is 444 g/mol. The maximum absolute atomic E-state index is 12.9. The molecule has 2 heterocycles. The third-order valence-electron chi connectivity index (χ3n) is 5.17. The van der Waals surface area contributed by atoms with Gasteiger partial charge in [0.1, 0.15) is 0 Å². The van der Waals surface area contributed by atoms with Crippen LogP contribution in [0.25, 0.3) is 11.5 Å². The van der Waals surface area contributed by atoms with Gasteiger partial charge < -0.3 is 10.2 Å². The fourth-order valence-electron chi connectivity index (χ4n) is 3.52. The Hall–Kier alpha value is -2.36. The number of nitrogens with two attached hydrogens (primary N) is 1. The molecule has 9 heteroatoms. The average Bonchev–Trinajstić information content (AvgIpc) is 3.22. The van der Waals surface area contributed by atoms with Crippen molar-refractivity contribution in [2.45, 2.75) is 48.1 Å². The number of rotatable bonds is 6. The molecule has 30 heavy (non-hydrogen) atoms. The zero-order valence-electron chi connectivity index (χ0n) is 16.7. The first-order chi connectivity index (χ1) is 14.4. The molecule has 0 radical (unpaired) electrons. The molecule has 7 nitrogen and oxygen atoms in total. The third kappa shape index (κ3) is 4.53. The van der Waals surface area contributed by atoms with Gasteiger partial charge in [-0.05, 0) is 55.7 Å². The van der Waals surface area contributed by atoms with Gasteiger partial charge in [0.2, 0.25) is 15.9 Å². The summed E-state index contributed by atoms with van der Waals surface area (Å²) in [6, 6.07) is 14.4. The van der Waals surface area contributed by atoms with Crippen LogP contribution in [0.15, 0.2) is 63.1 Å². The Balaban J connectivity index is 1.41. The molecular formula is C21H24N4O3S2. The lowest BCUT2D eigenvalue weighted by molar-refractivity contribution is 0.268. The van der Waals surface area contributed by atoms with Crippen LogP contribution >= 0.6 is 11.8 Å². The van der Waals surface area contributed by atoms with Crippen LogP contribution in [0.1, 0.15) is 31.7 Å². The van der Waals surface area contributed by atoms with Crippen LogP contribution in [0.2, 0.25) is 0 Å². The van der Waals surface area contributed by atoms with Crippen LogP contribution in [0.5, 0.6) is 0 Å². The second kappa shape index (κ2) is 8.79. The summed E-state index contributed by atoms with van der Waals surface area (Å²) in [7, 11) is -3.45. The lowest BCUT2D eigenvalue weighted by Crippen LogP contribution is -2.41. The molecule has 0 amide bonds. The van der Waals surface area contributed by atoms with Gasteiger partial charge in [0, 0.05) is 29.6 Å². The molecule has 1 aromatic heterocycles. The average molecular weight is 445 g/mol. The van der Waals surface area contributed by atoms with Crippen molar-refractivity contribution in [3.63, 3.8) is 0 Å². The van der Waals surface area contributed by atoms with E-state index in [1.165, 1.54) is 11.8 Å². The second-order valence-electron chi connectivity index (χ2n) is 7.39. The Morgan fingerprint density at radius 2 is 1.97 bits per heavy atom. The van der Waals surface area contributed by atoms with Gasteiger partial charge in [-0.3, -0.25) is 0 Å². The summed E-state index contributed by atoms with van der Waals surface area (Å²) in [5.41, 5.74) is 8.18. The molecule has 0 spiro atoms. The number of thioether (sulfide) groups is 1. The molecule has 0 aliphatic carbocycles. The molecular weight excluding hydrogens is 420 g/mol. The SMILES string of the molecule is CC1CCCCN1S(=O)(=O)c1ccc(CSc2nnc(-c3cccc(N)c3)o2)cc1. The topological polar surface area (TPSA) is 102 Å². The van der Waals surface area contributed by atoms with E-state index in [1.54, 1.807) is 28.6 Å². The number of benzene rings is 2. The van der Waals surface area contributed by atoms with E-state index in [-0.39, 0.29) is 6.04 Å². The van der Waals surface area contributed by atoms with Crippen LogP contribution in [-0.4, -0.2) is 35.5 Å². The molecule has 3 aromatic rings. The first kappa shape index (κ1) is 20.9. The van der Waals surface area contributed by atoms with Crippen molar-refractivity contribution >= 4 is 27.5 Å². The lowest BCUT2D eigenvalue weighted by atomic mass is 10.1. The van der Waals surface area contributed by atoms with Gasteiger partial charge in [0.15, 0.2) is 0 Å². The Morgan fingerprint density at radius 3 is 2.70 bits per heavy atom. The van der Waals surface area contributed by atoms with E-state index in [1.807, 2.05) is 31.2 Å². The van der Waals surface area contributed by atoms with E-state index >= 15 is 0 Å². The number of nitrogen functional groups attached to an aromatic ring is 1. The van der Waals surface area contributed by atoms with Gasteiger partial charge in [0.05, 0.1) is 4.90 Å². The highest BCUT2D eigenvalue weighted by Gasteiger charge is 2.30. The molecule has 0 saturated carbocycles. The van der Waals surface area contributed by atoms with E-state index in [0.717, 1.165) is 30.4 Å². The summed E-state index contributed by atoms with van der Waals surface area (Å²) < 4.78 is 33.2. The number of hydrogen-bond donors (Lipinski definition) is 1. The van der Waals surface area contributed by atoms with Gasteiger partial charge in [-0.1, -0.05) is 36.4 Å². The molecule has 0 bridgehead atoms. The minimum atomic E-state index is -3.45. The Bertz CT molecular complexity index is 1110. The van der Waals surface area contributed by atoms with Crippen LogP contribution in [0, 0.1) is 0 Å². The number of anilines is 1. The molecule has 2 aromatic carbocycles. The van der Waals surface area contributed by atoms with Crippen LogP contribution in [-0.2, 0) is 15.8 Å². The fraction of sp³-hybridized carbons (Fsp3) is 0.333. The zero-order valence-corrected chi connectivity index (χ0v) is 18.3. The number of piperidine rings is 1. The largest absolute Gasteiger partial charge is 0.411 e. The van der Waals surface area contributed by atoms with Gasteiger partial charge in [-0.15, -0.1) is 10.2 Å². The van der Waals surface area contributed by atoms with Crippen LogP contribution in [0.4, 0.5) is 5.69 Å². The van der Waals surface area contributed by atoms with Crippen molar-refractivity contribution in [2.24, 2.45) is 0 Å². The minimum absolute atomic E-state index is 0.0469. The fourth-order valence-corrected chi connectivity index (χ4v) is 5.94. The zero-order chi connectivity index (χ0) is 21.1. The van der Waals surface area contributed by atoms with Crippen LogP contribution in [0.3, 0.4) is 0 Å². The maximum Gasteiger partial charge on any atom is 0.277 e. The standard InChI is InChI=1S/C21H24N4O3S2/c1-15-5-2-3-12-25(15)30(26,27)19-10-8-16(9-11-19)14-29-21-24-23-20(28-21)17-6-4-7-18(22)13-17/h4,6-11,13,15H,2-3,5,12,14,22H2,1H3. The highest BCUT2D eigenvalue weighted by atomic mass is 32.2. The van der Waals surface area contributed by atoms with E-state index in [2.05, 4.69) is 10.2 Å². The Kier molecular flexibility index (Phi) is 6.12. The Morgan fingerprint density at radius 1 is 1.17 bits per heavy atom. The highest BCUT2D eigenvalue weighted by molar-refractivity contribution is 7.98. The summed E-state index contributed by atoms with van der Waals surface area (Å²) in [6.07, 6.45) is 2.91. The van der Waals surface area contributed by atoms with E-state index < -0.39 is 10.0 Å². The smallest absolute Gasteiger partial charge is 0.277 e. The second-order valence-corrected chi connectivity index (χ2v) is 10.2. The molecule has 158 valence electrons. The summed E-state index contributed by atoms with van der Waals surface area (Å²) in [4.78, 5) is 0.340. The molecule has 1 unspecified atom stereocenters. The number of aromatic nitrogens is 2. The van der Waals surface area contributed by atoms with Gasteiger partial charge >= 0.3 is 0 Å². The van der Waals surface area contributed by atoms with Crippen molar-refractivity contribution in [1.82, 2.24) is 14.5 Å². The Labute approximate surface area is 180 Å². The first-order valence-corrected chi connectivity index (χ1v) is 12.3. The number of sulfonamides is 1. The van der Waals surface area contributed by atoms with Crippen molar-refractivity contribution in [3.8, 4) is 11.5 Å². The third-order valence-corrected chi connectivity index (χ3v) is 8.09. The van der Waals surface area contributed by atoms with Gasteiger partial charge in [-0.2, -0.15) is 4.31 Å². The van der Waals surface area contributed by atoms with Gasteiger partial charge in [-0.25, -0.2) is 8.42 Å². The van der Waals surface area contributed by atoms with Crippen molar-refractivity contribution < 1.29 is 12.8 Å². The van der Waals surface area contributed by atoms with Crippen LogP contribution < -0.4 is 5.73 Å². The summed E-state index contributed by atoms with van der Waals surface area (Å²) in [6.45, 7) is 2.57. The number of nitrogens with zero attached hydrogens (tertiary/aromatic N) is 3. The van der Waals surface area contributed by atoms with Crippen molar-refractivity contribution in [2.75, 3.05) is 12.3 Å². The lowest BCUT2D eigenvalue weighted by Gasteiger charge is -2.32. The summed E-state index contributed by atoms with van der Waals surface area (Å²) in [5.74, 6) is 1.01. The summed E-state index contributed by atoms with van der Waals surface area (Å²) in [5, 5.41) is 8.58. The maximum atomic E-state index is 12.9. The van der Waals surface area contributed by atoms with E-state index in [4.69, 9.17) is 10.2 Å². The van der Waals surface area contributed by atoms with E-state index in [9.17, 15) is 8.42 Å². The predicted octanol–water partition coefficient (Wildman–Crippen LogP) is 4.17. The quantitative estimate of drug-likeness (QED) is 0.449. The van der Waals surface area contributed by atoms with E-state index in [0.29, 0.717) is 34.0 Å². The number of hydrogen-bond acceptors (Lipinski definition) is 7. The molecule has 2 N–H and O–H groups in total.